The molecule has 0 spiro atoms. The molecule has 0 saturated heterocycles. The molecule has 2 aromatic rings. The van der Waals surface area contributed by atoms with Gasteiger partial charge in [-0.1, -0.05) is 66.5 Å². The highest BCUT2D eigenvalue weighted by Crippen LogP contribution is 2.08. The number of benzene rings is 1. The maximum atomic E-state index is 11.1. The number of nitrogens with two attached hydrogens (primary N) is 1. The molecule has 0 fully saturated rings. The lowest BCUT2D eigenvalue weighted by Gasteiger charge is -2.08. The number of hydrogen-bond acceptors (Lipinski definition) is 8. The number of aromatic nitrogens is 3. The summed E-state index contributed by atoms with van der Waals surface area (Å²) in [7, 11) is -4.74. The van der Waals surface area contributed by atoms with Crippen molar-refractivity contribution in [2.45, 2.75) is 51.9 Å². The predicted octanol–water partition coefficient (Wildman–Crippen LogP) is 1.57. The standard InChI is InChI=1S/C18H27N5O4S.H2O/c1-2-3-4-8-13-16-21-18(22-17(19)23(16)27-28(24,25)26)20-14-9-12-15-10-6-5-7-11-15;/h5-7,10-11H,2-4,8-9,12-14H2,1H3,(H3,19,20,22,24,25,26);1H2. The summed E-state index contributed by atoms with van der Waals surface area (Å²) in [5.74, 6) is 0.377. The van der Waals surface area contributed by atoms with Gasteiger partial charge in [0.1, 0.15) is 0 Å². The Morgan fingerprint density at radius 2 is 1.83 bits per heavy atom. The van der Waals surface area contributed by atoms with Crippen molar-refractivity contribution in [1.82, 2.24) is 9.97 Å². The summed E-state index contributed by atoms with van der Waals surface area (Å²) in [6.45, 7) is 2.73. The second kappa shape index (κ2) is 12.1. The molecule has 0 aliphatic rings. The third kappa shape index (κ3) is 9.03. The summed E-state index contributed by atoms with van der Waals surface area (Å²) in [5.41, 5.74) is 7.07. The van der Waals surface area contributed by atoms with Crippen LogP contribution in [-0.4, -0.2) is 35.0 Å². The van der Waals surface area contributed by atoms with Gasteiger partial charge in [0, 0.05) is 13.0 Å². The lowest BCUT2D eigenvalue weighted by atomic mass is 10.1. The Balaban J connectivity index is 0.00000420. The highest BCUT2D eigenvalue weighted by molar-refractivity contribution is 7.80. The molecule has 2 rings (SSSR count). The number of nitrogens with one attached hydrogen (secondary N) is 1. The van der Waals surface area contributed by atoms with E-state index in [4.69, 9.17) is 10.3 Å². The van der Waals surface area contributed by atoms with Gasteiger partial charge in [-0.2, -0.15) is 8.42 Å². The molecular weight excluding hydrogens is 398 g/mol. The van der Waals surface area contributed by atoms with E-state index in [9.17, 15) is 8.42 Å². The van der Waals surface area contributed by atoms with Crippen molar-refractivity contribution in [3.63, 3.8) is 0 Å². The highest BCUT2D eigenvalue weighted by atomic mass is 32.3. The van der Waals surface area contributed by atoms with E-state index in [0.29, 0.717) is 18.9 Å². The van der Waals surface area contributed by atoms with Crippen LogP contribution in [0, 0.1) is 0 Å². The summed E-state index contributed by atoms with van der Waals surface area (Å²) in [6, 6.07) is 10.1. The van der Waals surface area contributed by atoms with Crippen LogP contribution in [0.15, 0.2) is 30.3 Å². The van der Waals surface area contributed by atoms with Crippen LogP contribution in [0.1, 0.15) is 50.4 Å². The normalized spacial score (nSPS) is 11.0. The smallest absolute Gasteiger partial charge is 0.474 e. The van der Waals surface area contributed by atoms with E-state index in [-0.39, 0.29) is 17.2 Å². The topological polar surface area (TPSA) is 161 Å². The fourth-order valence-corrected chi connectivity index (χ4v) is 3.09. The number of hydrogen-bond donors (Lipinski definition) is 3. The molecule has 1 aromatic carbocycles. The molecule has 0 aliphatic carbocycles. The lowest BCUT2D eigenvalue weighted by Crippen LogP contribution is -2.52. The molecule has 11 heteroatoms. The number of anilines is 2. The Kier molecular flexibility index (Phi) is 10.3. The summed E-state index contributed by atoms with van der Waals surface area (Å²) >= 11 is 0. The van der Waals surface area contributed by atoms with Crippen molar-refractivity contribution in [2.75, 3.05) is 17.6 Å². The van der Waals surface area contributed by atoms with Gasteiger partial charge in [0.25, 0.3) is 5.82 Å². The summed E-state index contributed by atoms with van der Waals surface area (Å²) in [5, 5.41) is 3.10. The van der Waals surface area contributed by atoms with Gasteiger partial charge in [0.2, 0.25) is 0 Å². The van der Waals surface area contributed by atoms with Gasteiger partial charge in [-0.3, -0.25) is 4.55 Å². The second-order valence-electron chi connectivity index (χ2n) is 6.44. The molecule has 5 N–H and O–H groups in total. The van der Waals surface area contributed by atoms with Crippen molar-refractivity contribution >= 4 is 22.3 Å². The second-order valence-corrected chi connectivity index (χ2v) is 7.45. The zero-order valence-electron chi connectivity index (χ0n) is 16.5. The number of unbranched alkanes of at least 4 members (excludes halogenated alkanes) is 3. The van der Waals surface area contributed by atoms with Gasteiger partial charge in [-0.15, -0.1) is 0 Å². The van der Waals surface area contributed by atoms with E-state index in [2.05, 4.69) is 38.6 Å². The van der Waals surface area contributed by atoms with E-state index in [1.807, 2.05) is 18.2 Å². The molecule has 0 amide bonds. The van der Waals surface area contributed by atoms with E-state index in [0.717, 1.165) is 43.3 Å². The SMILES string of the molecule is CCCCCCc1nc(NCCCc2ccccc2)nc(N)[n+]1OS(=O)(=O)O.[OH-]. The average Bonchev–Trinajstić information content (AvgIpc) is 2.65. The van der Waals surface area contributed by atoms with E-state index in [1.54, 1.807) is 0 Å². The van der Waals surface area contributed by atoms with Gasteiger partial charge in [-0.05, 0) is 29.6 Å². The van der Waals surface area contributed by atoms with Crippen LogP contribution < -0.4 is 20.1 Å². The van der Waals surface area contributed by atoms with Gasteiger partial charge in [0.05, 0.1) is 0 Å². The Bertz CT molecular complexity index is 849. The number of aryl methyl sites for hydroxylation is 2. The van der Waals surface area contributed by atoms with Crippen LogP contribution in [0.3, 0.4) is 0 Å². The minimum Gasteiger partial charge on any atom is -0.870 e. The third-order valence-electron chi connectivity index (χ3n) is 4.09. The zero-order valence-corrected chi connectivity index (χ0v) is 17.3. The maximum absolute atomic E-state index is 11.1. The Morgan fingerprint density at radius 3 is 2.48 bits per heavy atom. The zero-order chi connectivity index (χ0) is 20.4. The van der Waals surface area contributed by atoms with Crippen molar-refractivity contribution in [2.24, 2.45) is 0 Å². The van der Waals surface area contributed by atoms with Gasteiger partial charge < -0.3 is 16.5 Å². The first kappa shape index (κ1) is 24.5. The van der Waals surface area contributed by atoms with Crippen LogP contribution in [-0.2, 0) is 23.2 Å². The van der Waals surface area contributed by atoms with Crippen LogP contribution in [0.4, 0.5) is 11.9 Å². The number of nitrogens with zero attached hydrogens (tertiary/aromatic N) is 3. The molecule has 10 nitrogen and oxygen atoms in total. The molecule has 0 bridgehead atoms. The molecule has 0 atom stereocenters. The molecule has 1 heterocycles. The van der Waals surface area contributed by atoms with Crippen molar-refractivity contribution < 1.29 is 27.5 Å². The molecule has 0 aliphatic heterocycles. The molecule has 0 radical (unpaired) electrons. The quantitative estimate of drug-likeness (QED) is 0.259. The first-order valence-corrected chi connectivity index (χ1v) is 10.8. The first-order valence-electron chi connectivity index (χ1n) is 9.42. The van der Waals surface area contributed by atoms with Crippen molar-refractivity contribution in [3.8, 4) is 0 Å². The van der Waals surface area contributed by atoms with Gasteiger partial charge in [0.15, 0.2) is 0 Å². The Labute approximate surface area is 171 Å². The molecule has 1 aromatic heterocycles. The third-order valence-corrected chi connectivity index (χ3v) is 4.43. The molecule has 162 valence electrons. The number of nitrogen functional groups attached to an aromatic ring is 1. The van der Waals surface area contributed by atoms with Crippen molar-refractivity contribution in [1.29, 1.82) is 0 Å². The number of rotatable bonds is 12. The Morgan fingerprint density at radius 1 is 1.10 bits per heavy atom. The fraction of sp³-hybridized carbons (Fsp3) is 0.500. The van der Waals surface area contributed by atoms with E-state index < -0.39 is 10.4 Å². The highest BCUT2D eigenvalue weighted by Gasteiger charge is 2.24. The van der Waals surface area contributed by atoms with Crippen LogP contribution in [0.25, 0.3) is 0 Å². The molecular formula is C18H29N5O5S. The van der Waals surface area contributed by atoms with Crippen molar-refractivity contribution in [3.05, 3.63) is 41.7 Å². The average molecular weight is 428 g/mol. The van der Waals surface area contributed by atoms with E-state index >= 15 is 0 Å². The lowest BCUT2D eigenvalue weighted by molar-refractivity contribution is -0.854. The summed E-state index contributed by atoms with van der Waals surface area (Å²) in [4.78, 5) is 8.34. The molecule has 0 saturated carbocycles. The largest absolute Gasteiger partial charge is 0.870 e. The fourth-order valence-electron chi connectivity index (χ4n) is 2.74. The molecule has 29 heavy (non-hydrogen) atoms. The van der Waals surface area contributed by atoms with Crippen LogP contribution in [0.5, 0.6) is 0 Å². The van der Waals surface area contributed by atoms with Gasteiger partial charge in [-0.25, -0.2) is 4.28 Å². The summed E-state index contributed by atoms with van der Waals surface area (Å²) in [6.07, 6.45) is 6.10. The monoisotopic (exact) mass is 427 g/mol. The minimum absolute atomic E-state index is 0. The van der Waals surface area contributed by atoms with Crippen LogP contribution >= 0.6 is 0 Å². The predicted molar refractivity (Wildman–Crippen MR) is 108 cm³/mol. The molecule has 0 unspecified atom stereocenters. The maximum Gasteiger partial charge on any atom is 0.474 e. The Hall–Kier alpha value is -2.50. The minimum atomic E-state index is -4.74. The van der Waals surface area contributed by atoms with Gasteiger partial charge >= 0.3 is 22.3 Å². The first-order chi connectivity index (χ1) is 13.4. The summed E-state index contributed by atoms with van der Waals surface area (Å²) < 4.78 is 36.5. The van der Waals surface area contributed by atoms with E-state index in [1.165, 1.54) is 5.56 Å². The van der Waals surface area contributed by atoms with Crippen LogP contribution in [0.2, 0.25) is 0 Å².